The van der Waals surface area contributed by atoms with E-state index in [0.29, 0.717) is 11.1 Å². The van der Waals surface area contributed by atoms with Crippen LogP contribution in [0.15, 0.2) is 48.5 Å². The number of aliphatic hydroxyl groups is 2. The van der Waals surface area contributed by atoms with Crippen molar-refractivity contribution in [3.05, 3.63) is 70.8 Å². The molecule has 0 aliphatic carbocycles. The molecule has 0 saturated heterocycles. The van der Waals surface area contributed by atoms with Crippen molar-refractivity contribution in [1.29, 1.82) is 0 Å². The molecule has 0 saturated carbocycles. The van der Waals surface area contributed by atoms with Gasteiger partial charge in [0.15, 0.2) is 0 Å². The van der Waals surface area contributed by atoms with Crippen LogP contribution in [0, 0.1) is 0 Å². The molecular weight excluding hydrogens is 350 g/mol. The van der Waals surface area contributed by atoms with Gasteiger partial charge in [-0.2, -0.15) is 0 Å². The van der Waals surface area contributed by atoms with E-state index in [9.17, 15) is 14.7 Å². The fourth-order valence-corrected chi connectivity index (χ4v) is 2.54. The lowest BCUT2D eigenvalue weighted by Gasteiger charge is -2.20. The summed E-state index contributed by atoms with van der Waals surface area (Å²) in [6.45, 7) is 1.46. The molecular formula is C19H23N3O5. The predicted molar refractivity (Wildman–Crippen MR) is 97.7 cm³/mol. The van der Waals surface area contributed by atoms with Crippen LogP contribution in [0.5, 0.6) is 0 Å². The Kier molecular flexibility index (Phi) is 7.03. The first kappa shape index (κ1) is 20.5. The summed E-state index contributed by atoms with van der Waals surface area (Å²) in [5, 5.41) is 30.7. The van der Waals surface area contributed by atoms with Crippen LogP contribution < -0.4 is 16.5 Å². The Morgan fingerprint density at radius 2 is 1.56 bits per heavy atom. The molecule has 8 nitrogen and oxygen atoms in total. The van der Waals surface area contributed by atoms with Crippen molar-refractivity contribution < 1.29 is 25.0 Å². The number of amides is 2. The zero-order chi connectivity index (χ0) is 20.0. The van der Waals surface area contributed by atoms with Crippen molar-refractivity contribution in [2.45, 2.75) is 31.7 Å². The van der Waals surface area contributed by atoms with E-state index in [2.05, 4.69) is 5.32 Å². The van der Waals surface area contributed by atoms with Gasteiger partial charge < -0.3 is 21.3 Å². The molecule has 0 aliphatic rings. The minimum atomic E-state index is -1.09. The Morgan fingerprint density at radius 1 is 1.04 bits per heavy atom. The van der Waals surface area contributed by atoms with Crippen LogP contribution in [0.25, 0.3) is 0 Å². The highest BCUT2D eigenvalue weighted by atomic mass is 16.5. The summed E-state index contributed by atoms with van der Waals surface area (Å²) in [6.07, 6.45) is -0.883. The summed E-state index contributed by atoms with van der Waals surface area (Å²) in [5.41, 5.74) is 9.38. The highest BCUT2D eigenvalue weighted by Crippen LogP contribution is 2.22. The van der Waals surface area contributed by atoms with Gasteiger partial charge in [-0.15, -0.1) is 0 Å². The summed E-state index contributed by atoms with van der Waals surface area (Å²) in [7, 11) is 0. The maximum atomic E-state index is 12.3. The second kappa shape index (κ2) is 9.24. The third-order valence-corrected chi connectivity index (χ3v) is 4.17. The van der Waals surface area contributed by atoms with Gasteiger partial charge in [-0.05, 0) is 35.7 Å². The van der Waals surface area contributed by atoms with E-state index < -0.39 is 30.0 Å². The minimum absolute atomic E-state index is 0.0725. The summed E-state index contributed by atoms with van der Waals surface area (Å²) < 4.78 is 0. The number of rotatable bonds is 7. The van der Waals surface area contributed by atoms with E-state index in [-0.39, 0.29) is 12.2 Å². The van der Waals surface area contributed by atoms with Crippen molar-refractivity contribution in [3.8, 4) is 0 Å². The number of carbonyl (C=O) groups excluding carboxylic acids is 2. The highest BCUT2D eigenvalue weighted by Gasteiger charge is 2.24. The SMILES string of the molecule is C[C@@H](N)[C@H](NC(=O)c1ccc(C(O)c2ccc(CO)cc2)cc1)C(=O)NO. The molecule has 144 valence electrons. The van der Waals surface area contributed by atoms with E-state index >= 15 is 0 Å². The monoisotopic (exact) mass is 373 g/mol. The second-order valence-corrected chi connectivity index (χ2v) is 6.21. The molecule has 0 aliphatic heterocycles. The molecule has 1 unspecified atom stereocenters. The molecule has 8 heteroatoms. The second-order valence-electron chi connectivity index (χ2n) is 6.21. The standard InChI is InChI=1S/C19H23N3O5/c1-11(20)16(19(26)22-27)21-18(25)15-8-6-14(7-9-15)17(24)13-4-2-12(10-23)3-5-13/h2-9,11,16-17,23-24,27H,10,20H2,1H3,(H,21,25)(H,22,26)/t11-,16+,17?/m1/s1. The Labute approximate surface area is 156 Å². The molecule has 0 spiro atoms. The molecule has 2 aromatic rings. The lowest BCUT2D eigenvalue weighted by atomic mass is 9.99. The fraction of sp³-hybridized carbons (Fsp3) is 0.263. The number of hydrogen-bond donors (Lipinski definition) is 6. The molecule has 7 N–H and O–H groups in total. The molecule has 2 aromatic carbocycles. The number of nitrogens with two attached hydrogens (primary N) is 1. The van der Waals surface area contributed by atoms with Gasteiger partial charge in [-0.3, -0.25) is 14.8 Å². The van der Waals surface area contributed by atoms with Crippen LogP contribution >= 0.6 is 0 Å². The van der Waals surface area contributed by atoms with Gasteiger partial charge in [0.1, 0.15) is 12.1 Å². The number of nitrogens with one attached hydrogen (secondary N) is 2. The zero-order valence-electron chi connectivity index (χ0n) is 14.8. The molecule has 0 bridgehead atoms. The van der Waals surface area contributed by atoms with Crippen molar-refractivity contribution in [1.82, 2.24) is 10.8 Å². The van der Waals surface area contributed by atoms with Crippen LogP contribution in [0.1, 0.15) is 40.1 Å². The first-order valence-electron chi connectivity index (χ1n) is 8.35. The quantitative estimate of drug-likeness (QED) is 0.302. The topological polar surface area (TPSA) is 145 Å². The Morgan fingerprint density at radius 3 is 2.00 bits per heavy atom. The van der Waals surface area contributed by atoms with E-state index in [1.54, 1.807) is 36.4 Å². The lowest BCUT2D eigenvalue weighted by Crippen LogP contribution is -2.54. The van der Waals surface area contributed by atoms with E-state index in [4.69, 9.17) is 16.0 Å². The van der Waals surface area contributed by atoms with Crippen LogP contribution in [0.3, 0.4) is 0 Å². The average molecular weight is 373 g/mol. The molecule has 0 radical (unpaired) electrons. The van der Waals surface area contributed by atoms with E-state index in [1.807, 2.05) is 0 Å². The van der Waals surface area contributed by atoms with Crippen molar-refractivity contribution in [2.75, 3.05) is 0 Å². The van der Waals surface area contributed by atoms with Gasteiger partial charge in [0.2, 0.25) is 0 Å². The maximum Gasteiger partial charge on any atom is 0.267 e. The molecule has 2 rings (SSSR count). The Hall–Kier alpha value is -2.78. The molecule has 3 atom stereocenters. The van der Waals surface area contributed by atoms with Gasteiger partial charge in [0, 0.05) is 11.6 Å². The Bertz CT molecular complexity index is 775. The van der Waals surface area contributed by atoms with Crippen molar-refractivity contribution in [2.24, 2.45) is 5.73 Å². The van der Waals surface area contributed by atoms with Crippen LogP contribution in [0.2, 0.25) is 0 Å². The third-order valence-electron chi connectivity index (χ3n) is 4.17. The van der Waals surface area contributed by atoms with Gasteiger partial charge in [0.05, 0.1) is 6.61 Å². The van der Waals surface area contributed by atoms with Crippen LogP contribution in [-0.4, -0.2) is 39.3 Å². The first-order chi connectivity index (χ1) is 12.9. The van der Waals surface area contributed by atoms with Crippen LogP contribution in [-0.2, 0) is 11.4 Å². The zero-order valence-corrected chi connectivity index (χ0v) is 14.8. The lowest BCUT2D eigenvalue weighted by molar-refractivity contribution is -0.131. The number of benzene rings is 2. The summed E-state index contributed by atoms with van der Waals surface area (Å²) in [5.74, 6) is -1.34. The Balaban J connectivity index is 2.11. The largest absolute Gasteiger partial charge is 0.392 e. The first-order valence-corrected chi connectivity index (χ1v) is 8.35. The number of hydrogen-bond acceptors (Lipinski definition) is 6. The van der Waals surface area contributed by atoms with Crippen molar-refractivity contribution in [3.63, 3.8) is 0 Å². The molecule has 27 heavy (non-hydrogen) atoms. The molecule has 0 fully saturated rings. The van der Waals surface area contributed by atoms with Gasteiger partial charge in [-0.1, -0.05) is 36.4 Å². The number of hydroxylamine groups is 1. The van der Waals surface area contributed by atoms with Gasteiger partial charge in [0.25, 0.3) is 11.8 Å². The predicted octanol–water partition coefficient (Wildman–Crippen LogP) is 0.212. The molecule has 2 amide bonds. The maximum absolute atomic E-state index is 12.3. The number of aliphatic hydroxyl groups excluding tert-OH is 2. The summed E-state index contributed by atoms with van der Waals surface area (Å²) >= 11 is 0. The summed E-state index contributed by atoms with van der Waals surface area (Å²) in [4.78, 5) is 23.8. The van der Waals surface area contributed by atoms with E-state index in [1.165, 1.54) is 24.5 Å². The third kappa shape index (κ3) is 5.11. The average Bonchev–Trinajstić information content (AvgIpc) is 2.70. The highest BCUT2D eigenvalue weighted by molar-refractivity contribution is 5.97. The van der Waals surface area contributed by atoms with E-state index in [0.717, 1.165) is 5.56 Å². The van der Waals surface area contributed by atoms with Gasteiger partial charge >= 0.3 is 0 Å². The normalized spacial score (nSPS) is 14.1. The summed E-state index contributed by atoms with van der Waals surface area (Å²) in [6, 6.07) is 11.3. The molecule has 0 aromatic heterocycles. The van der Waals surface area contributed by atoms with Crippen molar-refractivity contribution >= 4 is 11.8 Å². The van der Waals surface area contributed by atoms with Gasteiger partial charge in [-0.25, -0.2) is 5.48 Å². The van der Waals surface area contributed by atoms with Crippen LogP contribution in [0.4, 0.5) is 0 Å². The fourth-order valence-electron chi connectivity index (χ4n) is 2.54. The minimum Gasteiger partial charge on any atom is -0.392 e. The smallest absolute Gasteiger partial charge is 0.267 e. The molecule has 0 heterocycles. The number of carbonyl (C=O) groups is 2.